The molecule has 0 spiro atoms. The Kier molecular flexibility index (Phi) is 2.61. The molecule has 0 amide bonds. The number of rotatable bonds is 3. The third kappa shape index (κ3) is 2.65. The number of aryl methyl sites for hydroxylation is 1. The molecule has 1 aromatic rings. The van der Waals surface area contributed by atoms with Crippen LogP contribution in [0.4, 0.5) is 0 Å². The first kappa shape index (κ1) is 10.4. The van der Waals surface area contributed by atoms with Crippen LogP contribution in [0.1, 0.15) is 18.4 Å². The predicted octanol–water partition coefficient (Wildman–Crippen LogP) is 2.16. The first-order chi connectivity index (χ1) is 7.08. The van der Waals surface area contributed by atoms with E-state index in [4.69, 9.17) is 0 Å². The highest BCUT2D eigenvalue weighted by atomic mass is 32.2. The molecular formula is C11H13NO2S. The molecule has 1 saturated carbocycles. The average Bonchev–Trinajstić information content (AvgIpc) is 2.99. The van der Waals surface area contributed by atoms with Crippen molar-refractivity contribution in [3.8, 4) is 0 Å². The van der Waals surface area contributed by atoms with Crippen LogP contribution in [0.2, 0.25) is 0 Å². The summed E-state index contributed by atoms with van der Waals surface area (Å²) in [6, 6.07) is 6.74. The van der Waals surface area contributed by atoms with E-state index in [0.29, 0.717) is 5.92 Å². The molecule has 0 bridgehead atoms. The van der Waals surface area contributed by atoms with Crippen LogP contribution < -0.4 is 0 Å². The van der Waals surface area contributed by atoms with Crippen molar-refractivity contribution in [2.75, 3.05) is 0 Å². The van der Waals surface area contributed by atoms with Crippen molar-refractivity contribution in [3.63, 3.8) is 0 Å². The quantitative estimate of drug-likeness (QED) is 0.737. The summed E-state index contributed by atoms with van der Waals surface area (Å²) >= 11 is 0. The van der Waals surface area contributed by atoms with E-state index >= 15 is 0 Å². The summed E-state index contributed by atoms with van der Waals surface area (Å²) in [4.78, 5) is 0.269. The third-order valence-electron chi connectivity index (χ3n) is 2.35. The van der Waals surface area contributed by atoms with Gasteiger partial charge in [0.25, 0.3) is 10.0 Å². The van der Waals surface area contributed by atoms with E-state index in [1.807, 2.05) is 6.92 Å². The van der Waals surface area contributed by atoms with Crippen molar-refractivity contribution >= 4 is 16.2 Å². The molecule has 1 aromatic carbocycles. The number of benzene rings is 1. The highest BCUT2D eigenvalue weighted by Crippen LogP contribution is 2.27. The fourth-order valence-corrected chi connectivity index (χ4v) is 2.12. The number of nitrogens with zero attached hydrogens (tertiary/aromatic N) is 1. The first-order valence-electron chi connectivity index (χ1n) is 4.95. The van der Waals surface area contributed by atoms with Crippen LogP contribution in [-0.2, 0) is 10.0 Å². The first-order valence-corrected chi connectivity index (χ1v) is 6.39. The molecular weight excluding hydrogens is 210 g/mol. The predicted molar refractivity (Wildman–Crippen MR) is 59.6 cm³/mol. The molecule has 0 radical (unpaired) electrons. The Labute approximate surface area is 89.9 Å². The molecule has 2 rings (SSSR count). The van der Waals surface area contributed by atoms with Gasteiger partial charge in [-0.05, 0) is 37.8 Å². The van der Waals surface area contributed by atoms with Crippen molar-refractivity contribution in [2.24, 2.45) is 10.3 Å². The van der Waals surface area contributed by atoms with E-state index in [1.54, 1.807) is 30.5 Å². The van der Waals surface area contributed by atoms with Gasteiger partial charge in [0.2, 0.25) is 0 Å². The zero-order valence-electron chi connectivity index (χ0n) is 8.55. The molecule has 0 atom stereocenters. The van der Waals surface area contributed by atoms with Gasteiger partial charge in [-0.1, -0.05) is 17.7 Å². The fourth-order valence-electron chi connectivity index (χ4n) is 1.18. The maximum atomic E-state index is 11.7. The summed E-state index contributed by atoms with van der Waals surface area (Å²) in [6.45, 7) is 1.92. The van der Waals surface area contributed by atoms with Gasteiger partial charge in [-0.2, -0.15) is 12.8 Å². The molecule has 0 unspecified atom stereocenters. The molecule has 4 heteroatoms. The Bertz CT molecular complexity index is 470. The minimum absolute atomic E-state index is 0.269. The Morgan fingerprint density at radius 3 is 2.40 bits per heavy atom. The fraction of sp³-hybridized carbons (Fsp3) is 0.364. The van der Waals surface area contributed by atoms with Crippen LogP contribution >= 0.6 is 0 Å². The van der Waals surface area contributed by atoms with Crippen LogP contribution in [-0.4, -0.2) is 14.6 Å². The standard InChI is InChI=1S/C11H13NO2S/c1-9-2-6-11(7-3-9)15(13,14)12-8-10-4-5-10/h2-3,6-8,10H,4-5H2,1H3/b12-8-. The van der Waals surface area contributed by atoms with Crippen LogP contribution in [0, 0.1) is 12.8 Å². The van der Waals surface area contributed by atoms with Crippen LogP contribution in [0.3, 0.4) is 0 Å². The van der Waals surface area contributed by atoms with Crippen LogP contribution in [0.25, 0.3) is 0 Å². The average molecular weight is 223 g/mol. The molecule has 0 saturated heterocycles. The molecule has 3 nitrogen and oxygen atoms in total. The maximum absolute atomic E-state index is 11.7. The molecule has 1 fully saturated rings. The van der Waals surface area contributed by atoms with Crippen molar-refractivity contribution in [1.29, 1.82) is 0 Å². The second-order valence-electron chi connectivity index (χ2n) is 3.88. The zero-order valence-corrected chi connectivity index (χ0v) is 9.37. The molecule has 0 heterocycles. The lowest BCUT2D eigenvalue weighted by molar-refractivity contribution is 0.598. The van der Waals surface area contributed by atoms with Crippen molar-refractivity contribution < 1.29 is 8.42 Å². The minimum Gasteiger partial charge on any atom is -0.199 e. The van der Waals surface area contributed by atoms with Crippen LogP contribution in [0.5, 0.6) is 0 Å². The van der Waals surface area contributed by atoms with Gasteiger partial charge < -0.3 is 0 Å². The van der Waals surface area contributed by atoms with Gasteiger partial charge in [0.15, 0.2) is 0 Å². The molecule has 0 aliphatic heterocycles. The molecule has 80 valence electrons. The molecule has 0 aromatic heterocycles. The van der Waals surface area contributed by atoms with E-state index < -0.39 is 10.0 Å². The van der Waals surface area contributed by atoms with Gasteiger partial charge in [-0.3, -0.25) is 0 Å². The number of hydrogen-bond donors (Lipinski definition) is 0. The van der Waals surface area contributed by atoms with E-state index in [0.717, 1.165) is 18.4 Å². The zero-order chi connectivity index (χ0) is 10.9. The highest BCUT2D eigenvalue weighted by Gasteiger charge is 2.20. The summed E-state index contributed by atoms with van der Waals surface area (Å²) in [5, 5.41) is 0. The Balaban J connectivity index is 2.24. The largest absolute Gasteiger partial charge is 0.281 e. The van der Waals surface area contributed by atoms with E-state index in [2.05, 4.69) is 4.40 Å². The summed E-state index contributed by atoms with van der Waals surface area (Å²) in [7, 11) is -3.46. The van der Waals surface area contributed by atoms with Gasteiger partial charge in [0.1, 0.15) is 0 Å². The molecule has 1 aliphatic carbocycles. The summed E-state index contributed by atoms with van der Waals surface area (Å²) in [5.41, 5.74) is 1.04. The summed E-state index contributed by atoms with van der Waals surface area (Å²) < 4.78 is 27.0. The molecule has 0 N–H and O–H groups in total. The topological polar surface area (TPSA) is 46.5 Å². The summed E-state index contributed by atoms with van der Waals surface area (Å²) in [5.74, 6) is 0.380. The lowest BCUT2D eigenvalue weighted by Crippen LogP contribution is -1.97. The second kappa shape index (κ2) is 3.77. The second-order valence-corrected chi connectivity index (χ2v) is 5.51. The smallest absolute Gasteiger partial charge is 0.199 e. The molecule has 1 aliphatic rings. The van der Waals surface area contributed by atoms with Crippen LogP contribution in [0.15, 0.2) is 33.6 Å². The normalized spacial score (nSPS) is 17.1. The van der Waals surface area contributed by atoms with Crippen molar-refractivity contribution in [3.05, 3.63) is 29.8 Å². The van der Waals surface area contributed by atoms with Crippen molar-refractivity contribution in [1.82, 2.24) is 0 Å². The summed E-state index contributed by atoms with van der Waals surface area (Å²) in [6.07, 6.45) is 3.68. The van der Waals surface area contributed by atoms with E-state index in [9.17, 15) is 8.42 Å². The minimum atomic E-state index is -3.46. The monoisotopic (exact) mass is 223 g/mol. The number of hydrogen-bond acceptors (Lipinski definition) is 2. The van der Waals surface area contributed by atoms with Gasteiger partial charge in [-0.15, -0.1) is 0 Å². The van der Waals surface area contributed by atoms with Crippen molar-refractivity contribution in [2.45, 2.75) is 24.7 Å². The Morgan fingerprint density at radius 1 is 1.27 bits per heavy atom. The lowest BCUT2D eigenvalue weighted by Gasteiger charge is -1.98. The SMILES string of the molecule is Cc1ccc(S(=O)(=O)/N=C\C2CC2)cc1. The van der Waals surface area contributed by atoms with E-state index in [-0.39, 0.29) is 4.90 Å². The Morgan fingerprint density at radius 2 is 1.87 bits per heavy atom. The molecule has 15 heavy (non-hydrogen) atoms. The van der Waals surface area contributed by atoms with Gasteiger partial charge in [-0.25, -0.2) is 0 Å². The Hall–Kier alpha value is -1.16. The highest BCUT2D eigenvalue weighted by molar-refractivity contribution is 7.90. The number of sulfonamides is 1. The third-order valence-corrected chi connectivity index (χ3v) is 3.62. The van der Waals surface area contributed by atoms with Gasteiger partial charge in [0.05, 0.1) is 4.90 Å². The van der Waals surface area contributed by atoms with E-state index in [1.165, 1.54) is 0 Å². The maximum Gasteiger partial charge on any atom is 0.281 e. The van der Waals surface area contributed by atoms with Gasteiger partial charge in [0, 0.05) is 6.21 Å². The van der Waals surface area contributed by atoms with Gasteiger partial charge >= 0.3 is 0 Å². The lowest BCUT2D eigenvalue weighted by atomic mass is 10.2.